The highest BCUT2D eigenvalue weighted by atomic mass is 32.2. The molecule has 0 radical (unpaired) electrons. The Labute approximate surface area is 189 Å². The molecule has 168 valence electrons. The average molecular weight is 453 g/mol. The Morgan fingerprint density at radius 1 is 0.938 bits per heavy atom. The van der Waals surface area contributed by atoms with Gasteiger partial charge in [0.15, 0.2) is 0 Å². The Bertz CT molecular complexity index is 1130. The zero-order valence-electron chi connectivity index (χ0n) is 18.2. The number of para-hydroxylation sites is 2. The van der Waals surface area contributed by atoms with Gasteiger partial charge in [0.25, 0.3) is 0 Å². The van der Waals surface area contributed by atoms with Crippen molar-refractivity contribution in [3.05, 3.63) is 90.0 Å². The number of benzene rings is 3. The van der Waals surface area contributed by atoms with E-state index < -0.39 is 10.0 Å². The average Bonchev–Trinajstić information content (AvgIpc) is 2.80. The van der Waals surface area contributed by atoms with Gasteiger partial charge in [0.05, 0.1) is 17.2 Å². The number of carbonyl (C=O) groups is 1. The minimum Gasteiger partial charge on any atom is -0.492 e. The third-order valence-electron chi connectivity index (χ3n) is 4.97. The highest BCUT2D eigenvalue weighted by Gasteiger charge is 2.18. The van der Waals surface area contributed by atoms with Crippen LogP contribution in [0.15, 0.2) is 83.8 Å². The van der Waals surface area contributed by atoms with Crippen molar-refractivity contribution in [3.63, 3.8) is 0 Å². The summed E-state index contributed by atoms with van der Waals surface area (Å²) in [4.78, 5) is 12.5. The number of sulfonamides is 1. The first kappa shape index (κ1) is 23.5. The number of ether oxygens (including phenoxy) is 1. The van der Waals surface area contributed by atoms with Crippen LogP contribution in [0.25, 0.3) is 0 Å². The lowest BCUT2D eigenvalue weighted by atomic mass is 10.1. The van der Waals surface area contributed by atoms with Crippen LogP contribution < -0.4 is 14.8 Å². The van der Waals surface area contributed by atoms with E-state index >= 15 is 0 Å². The molecule has 1 amide bonds. The summed E-state index contributed by atoms with van der Waals surface area (Å²) in [7, 11) is -3.65. The van der Waals surface area contributed by atoms with Gasteiger partial charge in [-0.3, -0.25) is 4.79 Å². The predicted molar refractivity (Wildman–Crippen MR) is 126 cm³/mol. The smallest absolute Gasteiger partial charge is 0.241 e. The highest BCUT2D eigenvalue weighted by Crippen LogP contribution is 2.24. The molecule has 1 atom stereocenters. The van der Waals surface area contributed by atoms with Gasteiger partial charge in [0.1, 0.15) is 5.75 Å². The van der Waals surface area contributed by atoms with Crippen LogP contribution in [0.4, 0.5) is 5.69 Å². The molecule has 0 spiro atoms. The lowest BCUT2D eigenvalue weighted by Crippen LogP contribution is -2.26. The number of rotatable bonds is 10. The van der Waals surface area contributed by atoms with Gasteiger partial charge in [-0.2, -0.15) is 0 Å². The summed E-state index contributed by atoms with van der Waals surface area (Å²) in [5.74, 6) is 0.502. The lowest BCUT2D eigenvalue weighted by molar-refractivity contribution is -0.116. The Hall–Kier alpha value is -3.16. The fourth-order valence-corrected chi connectivity index (χ4v) is 4.50. The summed E-state index contributed by atoms with van der Waals surface area (Å²) in [6, 6.07) is 23.0. The molecule has 6 nitrogen and oxygen atoms in total. The zero-order chi connectivity index (χ0) is 23.0. The number of amides is 1. The summed E-state index contributed by atoms with van der Waals surface area (Å²) >= 11 is 0. The minimum absolute atomic E-state index is 0.132. The molecule has 0 fully saturated rings. The highest BCUT2D eigenvalue weighted by molar-refractivity contribution is 7.89. The molecule has 3 aromatic carbocycles. The zero-order valence-corrected chi connectivity index (χ0v) is 19.1. The monoisotopic (exact) mass is 452 g/mol. The van der Waals surface area contributed by atoms with Crippen molar-refractivity contribution in [2.45, 2.75) is 37.6 Å². The fraction of sp³-hybridized carbons (Fsp3) is 0.240. The van der Waals surface area contributed by atoms with Gasteiger partial charge in [-0.1, -0.05) is 54.6 Å². The van der Waals surface area contributed by atoms with Crippen LogP contribution in [0.1, 0.15) is 37.4 Å². The normalized spacial score (nSPS) is 12.2. The Kier molecular flexibility index (Phi) is 8.03. The molecule has 2 N–H and O–H groups in total. The fourth-order valence-electron chi connectivity index (χ4n) is 3.27. The van der Waals surface area contributed by atoms with Gasteiger partial charge >= 0.3 is 0 Å². The molecule has 7 heteroatoms. The van der Waals surface area contributed by atoms with Gasteiger partial charge in [-0.05, 0) is 55.7 Å². The summed E-state index contributed by atoms with van der Waals surface area (Å²) in [6.07, 6.45) is 0.770. The van der Waals surface area contributed by atoms with Crippen LogP contribution in [0.2, 0.25) is 0 Å². The molecular formula is C25H28N2O4S. The van der Waals surface area contributed by atoms with E-state index in [1.807, 2.05) is 62.4 Å². The van der Waals surface area contributed by atoms with E-state index in [-0.39, 0.29) is 23.3 Å². The standard InChI is InChI=1S/C25H28N2O4S/c1-3-31-24-12-8-7-11-23(24)26-25(28)18-15-20-13-16-22(17-14-20)32(29,30)27-19(2)21-9-5-4-6-10-21/h4-14,16-17,19,27H,3,15,18H2,1-2H3,(H,26,28)/t19-/m1/s1. The van der Waals surface area contributed by atoms with Crippen LogP contribution >= 0.6 is 0 Å². The maximum absolute atomic E-state index is 12.7. The molecule has 0 saturated carbocycles. The predicted octanol–water partition coefficient (Wildman–Crippen LogP) is 4.70. The van der Waals surface area contributed by atoms with E-state index in [2.05, 4.69) is 10.0 Å². The number of hydrogen-bond donors (Lipinski definition) is 2. The Morgan fingerprint density at radius 3 is 2.28 bits per heavy atom. The van der Waals surface area contributed by atoms with Crippen molar-refractivity contribution < 1.29 is 17.9 Å². The van der Waals surface area contributed by atoms with Gasteiger partial charge in [0, 0.05) is 12.5 Å². The molecule has 32 heavy (non-hydrogen) atoms. The van der Waals surface area contributed by atoms with Crippen molar-refractivity contribution >= 4 is 21.6 Å². The maximum atomic E-state index is 12.7. The van der Waals surface area contributed by atoms with Crippen molar-refractivity contribution in [2.24, 2.45) is 0 Å². The number of anilines is 1. The molecule has 0 unspecified atom stereocenters. The number of carbonyl (C=O) groups excluding carboxylic acids is 1. The van der Waals surface area contributed by atoms with Gasteiger partial charge in [-0.25, -0.2) is 13.1 Å². The second kappa shape index (κ2) is 10.9. The molecule has 3 rings (SSSR count). The first-order valence-electron chi connectivity index (χ1n) is 10.6. The third kappa shape index (κ3) is 6.42. The van der Waals surface area contributed by atoms with Crippen LogP contribution in [-0.2, 0) is 21.2 Å². The van der Waals surface area contributed by atoms with Crippen molar-refractivity contribution in [2.75, 3.05) is 11.9 Å². The van der Waals surface area contributed by atoms with Crippen LogP contribution in [-0.4, -0.2) is 20.9 Å². The van der Waals surface area contributed by atoms with Crippen molar-refractivity contribution in [1.29, 1.82) is 0 Å². The topological polar surface area (TPSA) is 84.5 Å². The van der Waals surface area contributed by atoms with E-state index in [9.17, 15) is 13.2 Å². The quantitative estimate of drug-likeness (QED) is 0.467. The van der Waals surface area contributed by atoms with Gasteiger partial charge in [0.2, 0.25) is 15.9 Å². The van der Waals surface area contributed by atoms with Crippen LogP contribution in [0.3, 0.4) is 0 Å². The van der Waals surface area contributed by atoms with E-state index in [0.717, 1.165) is 11.1 Å². The Morgan fingerprint density at radius 2 is 1.59 bits per heavy atom. The molecule has 0 aliphatic carbocycles. The summed E-state index contributed by atoms with van der Waals surface area (Å²) in [6.45, 7) is 4.21. The van der Waals surface area contributed by atoms with Gasteiger partial charge < -0.3 is 10.1 Å². The summed E-state index contributed by atoms with van der Waals surface area (Å²) < 4.78 is 33.6. The van der Waals surface area contributed by atoms with E-state index in [1.54, 1.807) is 30.3 Å². The molecule has 0 bridgehead atoms. The Balaban J connectivity index is 1.57. The second-order valence-corrected chi connectivity index (χ2v) is 9.09. The van der Waals surface area contributed by atoms with Crippen LogP contribution in [0, 0.1) is 0 Å². The summed E-state index contributed by atoms with van der Waals surface area (Å²) in [5.41, 5.74) is 2.41. The third-order valence-corrected chi connectivity index (χ3v) is 6.52. The second-order valence-electron chi connectivity index (χ2n) is 7.37. The molecule has 0 aliphatic rings. The van der Waals surface area contributed by atoms with Crippen molar-refractivity contribution in [1.82, 2.24) is 4.72 Å². The molecule has 3 aromatic rings. The lowest BCUT2D eigenvalue weighted by Gasteiger charge is -2.15. The SMILES string of the molecule is CCOc1ccccc1NC(=O)CCc1ccc(S(=O)(=O)N[C@H](C)c2ccccc2)cc1. The molecule has 0 aromatic heterocycles. The molecular weight excluding hydrogens is 424 g/mol. The first-order valence-corrected chi connectivity index (χ1v) is 12.0. The van der Waals surface area contributed by atoms with Gasteiger partial charge in [-0.15, -0.1) is 0 Å². The van der Waals surface area contributed by atoms with E-state index in [4.69, 9.17) is 4.74 Å². The summed E-state index contributed by atoms with van der Waals surface area (Å²) in [5, 5.41) is 2.87. The molecule has 0 aliphatic heterocycles. The van der Waals surface area contributed by atoms with Crippen molar-refractivity contribution in [3.8, 4) is 5.75 Å². The molecule has 0 heterocycles. The van der Waals surface area contributed by atoms with Crippen LogP contribution in [0.5, 0.6) is 5.75 Å². The largest absolute Gasteiger partial charge is 0.492 e. The molecule has 0 saturated heterocycles. The van der Waals surface area contributed by atoms with E-state index in [0.29, 0.717) is 24.5 Å². The first-order chi connectivity index (χ1) is 15.4. The number of aryl methyl sites for hydroxylation is 1. The number of nitrogens with one attached hydrogen (secondary N) is 2. The minimum atomic E-state index is -3.65. The maximum Gasteiger partial charge on any atom is 0.241 e. The number of hydrogen-bond acceptors (Lipinski definition) is 4. The van der Waals surface area contributed by atoms with E-state index in [1.165, 1.54) is 0 Å².